The summed E-state index contributed by atoms with van der Waals surface area (Å²) in [6.45, 7) is 0. The first kappa shape index (κ1) is 18.3. The standard InChI is InChI=1S/C24H36N2/c25-22-13-10-18(11-14-22)17-6-8-19(9-7-17)21-12-15-24(26)23(16-21)20-4-2-1-3-5-20/h1-2,6,8,10,13,16-22,24H,3-5,7,9,11-12,14-15,25-26H2/t17?,18-,19+,20-,21?,22?,24+/m1/s1. The second kappa shape index (κ2) is 8.27. The van der Waals surface area contributed by atoms with E-state index in [9.17, 15) is 0 Å². The molecule has 0 aromatic heterocycles. The minimum absolute atomic E-state index is 0.288. The van der Waals surface area contributed by atoms with E-state index < -0.39 is 0 Å². The van der Waals surface area contributed by atoms with Gasteiger partial charge in [-0.1, -0.05) is 48.1 Å². The Balaban J connectivity index is 1.41. The monoisotopic (exact) mass is 352 g/mol. The van der Waals surface area contributed by atoms with Crippen molar-refractivity contribution in [3.05, 3.63) is 48.1 Å². The molecular formula is C24H36N2. The molecule has 0 bridgehead atoms. The summed E-state index contributed by atoms with van der Waals surface area (Å²) in [5.41, 5.74) is 14.1. The van der Waals surface area contributed by atoms with Crippen molar-refractivity contribution in [2.45, 2.75) is 69.9 Å². The van der Waals surface area contributed by atoms with Gasteiger partial charge in [0.2, 0.25) is 0 Å². The Morgan fingerprint density at radius 3 is 1.92 bits per heavy atom. The van der Waals surface area contributed by atoms with Gasteiger partial charge in [-0.05, 0) is 87.4 Å². The molecule has 0 saturated heterocycles. The topological polar surface area (TPSA) is 52.0 Å². The van der Waals surface area contributed by atoms with E-state index in [1.54, 1.807) is 5.57 Å². The first-order chi connectivity index (χ1) is 12.7. The Bertz CT molecular complexity index is 599. The molecule has 0 aromatic rings. The molecule has 0 amide bonds. The van der Waals surface area contributed by atoms with Crippen molar-refractivity contribution in [3.63, 3.8) is 0 Å². The maximum Gasteiger partial charge on any atom is 0.0256 e. The molecule has 4 rings (SSSR count). The van der Waals surface area contributed by atoms with Gasteiger partial charge < -0.3 is 11.5 Å². The Labute approximate surface area is 159 Å². The van der Waals surface area contributed by atoms with Crippen molar-refractivity contribution >= 4 is 0 Å². The van der Waals surface area contributed by atoms with Crippen LogP contribution in [0.5, 0.6) is 0 Å². The second-order valence-corrected chi connectivity index (χ2v) is 9.08. The van der Waals surface area contributed by atoms with Gasteiger partial charge in [0, 0.05) is 12.1 Å². The maximum absolute atomic E-state index is 6.50. The Morgan fingerprint density at radius 2 is 1.31 bits per heavy atom. The summed E-state index contributed by atoms with van der Waals surface area (Å²) < 4.78 is 0. The molecule has 0 spiro atoms. The molecule has 2 nitrogen and oxygen atoms in total. The molecule has 0 heterocycles. The molecule has 2 heteroatoms. The average Bonchev–Trinajstić information content (AvgIpc) is 2.70. The summed E-state index contributed by atoms with van der Waals surface area (Å²) in [4.78, 5) is 0. The zero-order valence-corrected chi connectivity index (χ0v) is 16.1. The SMILES string of the molecule is NC1C=C[C@@H](C2C=C[C@H](C3C=C([C@@H]4CC=CCC4)[C@@H](N)CC3)CC2)CC1. The van der Waals surface area contributed by atoms with Crippen LogP contribution in [0.2, 0.25) is 0 Å². The van der Waals surface area contributed by atoms with Gasteiger partial charge in [0.05, 0.1) is 0 Å². The summed E-state index contributed by atoms with van der Waals surface area (Å²) in [6, 6.07) is 0.593. The summed E-state index contributed by atoms with van der Waals surface area (Å²) in [7, 11) is 0. The summed E-state index contributed by atoms with van der Waals surface area (Å²) >= 11 is 0. The summed E-state index contributed by atoms with van der Waals surface area (Å²) in [5, 5.41) is 0. The van der Waals surface area contributed by atoms with Crippen molar-refractivity contribution in [3.8, 4) is 0 Å². The van der Waals surface area contributed by atoms with Gasteiger partial charge in [-0.3, -0.25) is 0 Å². The molecule has 0 fully saturated rings. The third kappa shape index (κ3) is 4.07. The van der Waals surface area contributed by atoms with Gasteiger partial charge >= 0.3 is 0 Å². The molecule has 4 N–H and O–H groups in total. The number of rotatable bonds is 3. The lowest BCUT2D eigenvalue weighted by atomic mass is 9.69. The van der Waals surface area contributed by atoms with Crippen molar-refractivity contribution in [1.29, 1.82) is 0 Å². The van der Waals surface area contributed by atoms with Gasteiger partial charge in [0.25, 0.3) is 0 Å². The van der Waals surface area contributed by atoms with Crippen LogP contribution >= 0.6 is 0 Å². The van der Waals surface area contributed by atoms with Crippen LogP contribution in [0.4, 0.5) is 0 Å². The molecule has 3 unspecified atom stereocenters. The van der Waals surface area contributed by atoms with E-state index in [-0.39, 0.29) is 6.04 Å². The van der Waals surface area contributed by atoms with E-state index in [0.717, 1.165) is 18.3 Å². The quantitative estimate of drug-likeness (QED) is 0.711. The number of hydrogen-bond donors (Lipinski definition) is 2. The largest absolute Gasteiger partial charge is 0.324 e. The highest BCUT2D eigenvalue weighted by Crippen LogP contribution is 2.41. The first-order valence-corrected chi connectivity index (χ1v) is 10.9. The van der Waals surface area contributed by atoms with Gasteiger partial charge in [-0.25, -0.2) is 0 Å². The average molecular weight is 353 g/mol. The Morgan fingerprint density at radius 1 is 0.654 bits per heavy atom. The first-order valence-electron chi connectivity index (χ1n) is 10.9. The normalized spacial score (nSPS) is 43.3. The third-order valence-corrected chi connectivity index (χ3v) is 7.36. The highest BCUT2D eigenvalue weighted by atomic mass is 14.7. The lowest BCUT2D eigenvalue weighted by molar-refractivity contribution is 0.299. The summed E-state index contributed by atoms with van der Waals surface area (Å²) in [6.07, 6.45) is 28.2. The molecule has 0 radical (unpaired) electrons. The highest BCUT2D eigenvalue weighted by molar-refractivity contribution is 5.23. The smallest absolute Gasteiger partial charge is 0.0256 e. The predicted octanol–water partition coefficient (Wildman–Crippen LogP) is 4.88. The van der Waals surface area contributed by atoms with Crippen LogP contribution in [0.1, 0.15) is 57.8 Å². The fourth-order valence-electron chi connectivity index (χ4n) is 5.66. The molecule has 0 aliphatic heterocycles. The van der Waals surface area contributed by atoms with Gasteiger partial charge in [0.15, 0.2) is 0 Å². The maximum atomic E-state index is 6.50. The minimum atomic E-state index is 0.288. The lowest BCUT2D eigenvalue weighted by Crippen LogP contribution is -2.34. The van der Waals surface area contributed by atoms with Crippen LogP contribution < -0.4 is 11.5 Å². The molecule has 4 aliphatic carbocycles. The van der Waals surface area contributed by atoms with Crippen LogP contribution in [0.25, 0.3) is 0 Å². The van der Waals surface area contributed by atoms with Crippen LogP contribution in [0, 0.1) is 29.6 Å². The Kier molecular flexibility index (Phi) is 5.81. The Hall–Kier alpha value is -1.12. The van der Waals surface area contributed by atoms with E-state index >= 15 is 0 Å². The van der Waals surface area contributed by atoms with Crippen molar-refractivity contribution in [2.75, 3.05) is 0 Å². The third-order valence-electron chi connectivity index (χ3n) is 7.36. The molecule has 142 valence electrons. The number of nitrogens with two attached hydrogens (primary N) is 2. The molecule has 0 aromatic carbocycles. The van der Waals surface area contributed by atoms with E-state index in [4.69, 9.17) is 11.5 Å². The highest BCUT2D eigenvalue weighted by Gasteiger charge is 2.31. The minimum Gasteiger partial charge on any atom is -0.324 e. The zero-order chi connectivity index (χ0) is 17.9. The van der Waals surface area contributed by atoms with Crippen molar-refractivity contribution in [2.24, 2.45) is 41.1 Å². The number of hydrogen-bond acceptors (Lipinski definition) is 2. The molecule has 7 atom stereocenters. The fourth-order valence-corrected chi connectivity index (χ4v) is 5.66. The van der Waals surface area contributed by atoms with Gasteiger partial charge in [0.1, 0.15) is 0 Å². The lowest BCUT2D eigenvalue weighted by Gasteiger charge is -2.37. The predicted molar refractivity (Wildman–Crippen MR) is 110 cm³/mol. The van der Waals surface area contributed by atoms with E-state index in [1.807, 2.05) is 0 Å². The van der Waals surface area contributed by atoms with Crippen LogP contribution in [-0.4, -0.2) is 12.1 Å². The molecular weight excluding hydrogens is 316 g/mol. The van der Waals surface area contributed by atoms with Gasteiger partial charge in [-0.15, -0.1) is 0 Å². The second-order valence-electron chi connectivity index (χ2n) is 9.08. The van der Waals surface area contributed by atoms with E-state index in [0.29, 0.717) is 23.8 Å². The fraction of sp³-hybridized carbons (Fsp3) is 0.667. The van der Waals surface area contributed by atoms with Crippen LogP contribution in [0.15, 0.2) is 48.1 Å². The molecule has 4 aliphatic rings. The van der Waals surface area contributed by atoms with E-state index in [2.05, 4.69) is 42.5 Å². The van der Waals surface area contributed by atoms with Crippen molar-refractivity contribution < 1.29 is 0 Å². The van der Waals surface area contributed by atoms with Gasteiger partial charge in [-0.2, -0.15) is 0 Å². The van der Waals surface area contributed by atoms with E-state index in [1.165, 1.54) is 51.4 Å². The van der Waals surface area contributed by atoms with Crippen LogP contribution in [0.3, 0.4) is 0 Å². The number of allylic oxidation sites excluding steroid dienone is 6. The van der Waals surface area contributed by atoms with Crippen molar-refractivity contribution in [1.82, 2.24) is 0 Å². The molecule has 0 saturated carbocycles. The molecule has 26 heavy (non-hydrogen) atoms. The zero-order valence-electron chi connectivity index (χ0n) is 16.1. The summed E-state index contributed by atoms with van der Waals surface area (Å²) in [5.74, 6) is 3.58. The van der Waals surface area contributed by atoms with Crippen LogP contribution in [-0.2, 0) is 0 Å².